The molecule has 2 amide bonds. The molecule has 0 aliphatic carbocycles. The fourth-order valence-electron chi connectivity index (χ4n) is 4.16. The Bertz CT molecular complexity index is 886. The van der Waals surface area contributed by atoms with Gasteiger partial charge in [-0.1, -0.05) is 48.5 Å². The minimum Gasteiger partial charge on any atom is -0.354 e. The Morgan fingerprint density at radius 1 is 1.00 bits per heavy atom. The van der Waals surface area contributed by atoms with Gasteiger partial charge in [0.2, 0.25) is 5.91 Å². The lowest BCUT2D eigenvalue weighted by Crippen LogP contribution is -2.63. The van der Waals surface area contributed by atoms with Crippen LogP contribution in [0.15, 0.2) is 60.7 Å². The van der Waals surface area contributed by atoms with Crippen molar-refractivity contribution in [2.45, 2.75) is 30.8 Å². The number of benzene rings is 2. The van der Waals surface area contributed by atoms with Gasteiger partial charge in [0.05, 0.1) is 12.6 Å². The number of halogens is 2. The van der Waals surface area contributed by atoms with Gasteiger partial charge in [0.25, 0.3) is 11.8 Å². The van der Waals surface area contributed by atoms with Crippen molar-refractivity contribution in [1.82, 2.24) is 15.1 Å². The number of likely N-dealkylation sites (tertiary alicyclic amines) is 2. The molecule has 2 aliphatic rings. The van der Waals surface area contributed by atoms with Gasteiger partial charge in [-0.2, -0.15) is 0 Å². The zero-order valence-corrected chi connectivity index (χ0v) is 16.6. The highest BCUT2D eigenvalue weighted by Gasteiger charge is 2.52. The number of nitrogens with zero attached hydrogens (tertiary/aromatic N) is 2. The van der Waals surface area contributed by atoms with Crippen molar-refractivity contribution in [3.05, 3.63) is 71.8 Å². The molecule has 2 fully saturated rings. The number of hydrogen-bond acceptors (Lipinski definition) is 3. The van der Waals surface area contributed by atoms with Crippen LogP contribution in [0.4, 0.5) is 8.78 Å². The molecule has 0 aromatic heterocycles. The summed E-state index contributed by atoms with van der Waals surface area (Å²) in [6.45, 7) is 0.680. The second-order valence-electron chi connectivity index (χ2n) is 8.00. The highest BCUT2D eigenvalue weighted by Crippen LogP contribution is 2.35. The normalized spacial score (nSPS) is 21.3. The monoisotopic (exact) mass is 413 g/mol. The molecule has 1 atom stereocenters. The SMILES string of the molecule is O=C(NCCc1ccccc1)[C@@H]1CC(F)(F)CN1C1CN(C(=O)c2ccccc2)C1. The topological polar surface area (TPSA) is 52.7 Å². The predicted octanol–water partition coefficient (Wildman–Crippen LogP) is 2.58. The average Bonchev–Trinajstić information content (AvgIpc) is 3.03. The summed E-state index contributed by atoms with van der Waals surface area (Å²) < 4.78 is 28.3. The summed E-state index contributed by atoms with van der Waals surface area (Å²) in [5, 5.41) is 2.81. The first kappa shape index (κ1) is 20.5. The maximum atomic E-state index is 14.1. The van der Waals surface area contributed by atoms with Crippen LogP contribution in [0, 0.1) is 0 Å². The predicted molar refractivity (Wildman–Crippen MR) is 109 cm³/mol. The molecular weight excluding hydrogens is 388 g/mol. The smallest absolute Gasteiger partial charge is 0.262 e. The molecule has 0 bridgehead atoms. The third-order valence-electron chi connectivity index (χ3n) is 5.80. The Hall–Kier alpha value is -2.80. The summed E-state index contributed by atoms with van der Waals surface area (Å²) in [6, 6.07) is 17.5. The van der Waals surface area contributed by atoms with Crippen LogP contribution < -0.4 is 5.32 Å². The van der Waals surface area contributed by atoms with Gasteiger partial charge < -0.3 is 10.2 Å². The Labute approximate surface area is 174 Å². The number of carbonyl (C=O) groups excluding carboxylic acids is 2. The van der Waals surface area contributed by atoms with E-state index >= 15 is 0 Å². The van der Waals surface area contributed by atoms with Crippen molar-refractivity contribution in [1.29, 1.82) is 0 Å². The number of nitrogens with one attached hydrogen (secondary N) is 1. The van der Waals surface area contributed by atoms with Crippen molar-refractivity contribution in [2.24, 2.45) is 0 Å². The molecule has 30 heavy (non-hydrogen) atoms. The summed E-state index contributed by atoms with van der Waals surface area (Å²) >= 11 is 0. The Morgan fingerprint density at radius 3 is 2.30 bits per heavy atom. The largest absolute Gasteiger partial charge is 0.354 e. The maximum Gasteiger partial charge on any atom is 0.262 e. The Balaban J connectivity index is 1.33. The van der Waals surface area contributed by atoms with E-state index in [9.17, 15) is 18.4 Å². The van der Waals surface area contributed by atoms with Crippen molar-refractivity contribution >= 4 is 11.8 Å². The van der Waals surface area contributed by atoms with Gasteiger partial charge in [0.1, 0.15) is 0 Å². The van der Waals surface area contributed by atoms with Crippen molar-refractivity contribution < 1.29 is 18.4 Å². The summed E-state index contributed by atoms with van der Waals surface area (Å²) in [5.74, 6) is -3.37. The molecule has 2 heterocycles. The molecule has 2 saturated heterocycles. The number of amides is 2. The molecule has 2 aromatic rings. The van der Waals surface area contributed by atoms with E-state index in [2.05, 4.69) is 5.32 Å². The molecule has 0 saturated carbocycles. The lowest BCUT2D eigenvalue weighted by atomic mass is 10.0. The van der Waals surface area contributed by atoms with E-state index < -0.39 is 24.9 Å². The first-order chi connectivity index (χ1) is 14.4. The van der Waals surface area contributed by atoms with Crippen LogP contribution in [0.5, 0.6) is 0 Å². The third-order valence-corrected chi connectivity index (χ3v) is 5.80. The Morgan fingerprint density at radius 2 is 1.63 bits per heavy atom. The first-order valence-corrected chi connectivity index (χ1v) is 10.2. The van der Waals surface area contributed by atoms with E-state index in [1.54, 1.807) is 34.1 Å². The quantitative estimate of drug-likeness (QED) is 0.792. The number of carbonyl (C=O) groups is 2. The van der Waals surface area contributed by atoms with Crippen molar-refractivity contribution in [3.8, 4) is 0 Å². The summed E-state index contributed by atoms with van der Waals surface area (Å²) in [5.41, 5.74) is 1.67. The van der Waals surface area contributed by atoms with Gasteiger partial charge >= 0.3 is 0 Å². The second-order valence-corrected chi connectivity index (χ2v) is 8.00. The molecule has 158 valence electrons. The van der Waals surface area contributed by atoms with Gasteiger partial charge in [-0.15, -0.1) is 0 Å². The molecule has 2 aromatic carbocycles. The van der Waals surface area contributed by atoms with Crippen LogP contribution in [0.2, 0.25) is 0 Å². The Kier molecular flexibility index (Phi) is 5.81. The molecule has 0 spiro atoms. The van der Waals surface area contributed by atoms with Crippen molar-refractivity contribution in [3.63, 3.8) is 0 Å². The van der Waals surface area contributed by atoms with E-state index in [1.165, 1.54) is 0 Å². The van der Waals surface area contributed by atoms with Crippen LogP contribution in [0.1, 0.15) is 22.3 Å². The van der Waals surface area contributed by atoms with Gasteiger partial charge in [-0.05, 0) is 24.1 Å². The number of rotatable bonds is 6. The summed E-state index contributed by atoms with van der Waals surface area (Å²) in [6.07, 6.45) is 0.172. The van der Waals surface area contributed by atoms with Gasteiger partial charge in [0, 0.05) is 37.7 Å². The van der Waals surface area contributed by atoms with E-state index in [0.29, 0.717) is 31.6 Å². The molecule has 5 nitrogen and oxygen atoms in total. The lowest BCUT2D eigenvalue weighted by molar-refractivity contribution is -0.127. The van der Waals surface area contributed by atoms with E-state index in [1.807, 2.05) is 36.4 Å². The lowest BCUT2D eigenvalue weighted by Gasteiger charge is -2.45. The molecule has 2 aliphatic heterocycles. The first-order valence-electron chi connectivity index (χ1n) is 10.2. The van der Waals surface area contributed by atoms with Gasteiger partial charge in [0.15, 0.2) is 0 Å². The van der Waals surface area contributed by atoms with Gasteiger partial charge in [-0.3, -0.25) is 14.5 Å². The average molecular weight is 413 g/mol. The van der Waals surface area contributed by atoms with E-state index in [0.717, 1.165) is 5.56 Å². The third kappa shape index (κ3) is 4.51. The molecule has 0 radical (unpaired) electrons. The summed E-state index contributed by atoms with van der Waals surface area (Å²) in [7, 11) is 0. The highest BCUT2D eigenvalue weighted by molar-refractivity contribution is 5.94. The van der Waals surface area contributed by atoms with E-state index in [-0.39, 0.29) is 17.9 Å². The zero-order valence-electron chi connectivity index (χ0n) is 16.6. The highest BCUT2D eigenvalue weighted by atomic mass is 19.3. The fourth-order valence-corrected chi connectivity index (χ4v) is 4.16. The van der Waals surface area contributed by atoms with Crippen molar-refractivity contribution in [2.75, 3.05) is 26.2 Å². The van der Waals surface area contributed by atoms with Crippen LogP contribution in [-0.4, -0.2) is 65.8 Å². The minimum absolute atomic E-state index is 0.110. The maximum absolute atomic E-state index is 14.1. The molecule has 1 N–H and O–H groups in total. The van der Waals surface area contributed by atoms with Crippen LogP contribution in [0.3, 0.4) is 0 Å². The fraction of sp³-hybridized carbons (Fsp3) is 0.391. The number of alkyl halides is 2. The second kappa shape index (κ2) is 8.52. The summed E-state index contributed by atoms with van der Waals surface area (Å²) in [4.78, 5) is 28.4. The minimum atomic E-state index is -2.90. The molecule has 0 unspecified atom stereocenters. The molecule has 7 heteroatoms. The van der Waals surface area contributed by atoms with Crippen LogP contribution in [-0.2, 0) is 11.2 Å². The zero-order chi connectivity index (χ0) is 21.1. The van der Waals surface area contributed by atoms with Crippen LogP contribution >= 0.6 is 0 Å². The van der Waals surface area contributed by atoms with Crippen LogP contribution in [0.25, 0.3) is 0 Å². The molecule has 4 rings (SSSR count). The number of hydrogen-bond donors (Lipinski definition) is 1. The van der Waals surface area contributed by atoms with E-state index in [4.69, 9.17) is 0 Å². The molecular formula is C23H25F2N3O2. The standard InChI is InChI=1S/C23H25F2N3O2/c24-23(25)13-20(21(29)26-12-11-17-7-3-1-4-8-17)28(16-23)19-14-27(15-19)22(30)18-9-5-2-6-10-18/h1-10,19-20H,11-16H2,(H,26,29)/t20-/m0/s1. The van der Waals surface area contributed by atoms with Gasteiger partial charge in [-0.25, -0.2) is 8.78 Å².